The van der Waals surface area contributed by atoms with Crippen LogP contribution < -0.4 is 0 Å². The minimum absolute atomic E-state index is 0.0705. The second-order valence-electron chi connectivity index (χ2n) is 14.4. The fraction of sp³-hybridized carbons (Fsp3) is 0.0600. The fourth-order valence-corrected chi connectivity index (χ4v) is 8.47. The molecular formula is C50H36N2. The standard InChI is InChI=1S/C50H36N2/c1-50(2)45-22-11-9-18-41(45)42-25-24-36(31-46(42)50)47-32-35(26-27-51-47)40-20-13-21-44-43-19-10-12-23-48(43)52(49(40)44)39-29-37(33-14-5-3-6-15-33)28-38(30-39)34-16-7-4-8-17-34/h3-32H,1-2H3. The van der Waals surface area contributed by atoms with Crippen LogP contribution in [-0.4, -0.2) is 9.55 Å². The normalized spacial score (nSPS) is 13.0. The smallest absolute Gasteiger partial charge is 0.0708 e. The first-order chi connectivity index (χ1) is 25.5. The van der Waals surface area contributed by atoms with Crippen LogP contribution >= 0.6 is 0 Å². The van der Waals surface area contributed by atoms with E-state index in [1.165, 1.54) is 71.9 Å². The fourth-order valence-electron chi connectivity index (χ4n) is 8.47. The first kappa shape index (κ1) is 30.3. The average molecular weight is 665 g/mol. The predicted molar refractivity (Wildman–Crippen MR) is 218 cm³/mol. The van der Waals surface area contributed by atoms with Gasteiger partial charge in [0.05, 0.1) is 16.7 Å². The third-order valence-corrected chi connectivity index (χ3v) is 11.0. The number of rotatable bonds is 5. The summed E-state index contributed by atoms with van der Waals surface area (Å²) in [5.74, 6) is 0. The van der Waals surface area contributed by atoms with Gasteiger partial charge in [-0.25, -0.2) is 0 Å². The van der Waals surface area contributed by atoms with Gasteiger partial charge in [-0.2, -0.15) is 0 Å². The van der Waals surface area contributed by atoms with E-state index in [1.54, 1.807) is 0 Å². The Kier molecular flexibility index (Phi) is 6.87. The minimum atomic E-state index is -0.0705. The molecule has 0 radical (unpaired) electrons. The monoisotopic (exact) mass is 664 g/mol. The molecule has 0 spiro atoms. The Morgan fingerprint density at radius 1 is 0.423 bits per heavy atom. The molecule has 7 aromatic carbocycles. The van der Waals surface area contributed by atoms with Crippen LogP contribution in [0.15, 0.2) is 182 Å². The first-order valence-electron chi connectivity index (χ1n) is 18.0. The van der Waals surface area contributed by atoms with Gasteiger partial charge in [0, 0.05) is 39.2 Å². The van der Waals surface area contributed by atoms with E-state index in [0.29, 0.717) is 0 Å². The quantitative estimate of drug-likeness (QED) is 0.179. The maximum absolute atomic E-state index is 4.94. The lowest BCUT2D eigenvalue weighted by atomic mass is 9.82. The van der Waals surface area contributed by atoms with E-state index in [9.17, 15) is 0 Å². The molecule has 0 saturated heterocycles. The van der Waals surface area contributed by atoms with Gasteiger partial charge in [-0.3, -0.25) is 4.98 Å². The second-order valence-corrected chi connectivity index (χ2v) is 14.4. The number of benzene rings is 7. The van der Waals surface area contributed by atoms with E-state index in [4.69, 9.17) is 4.98 Å². The molecule has 0 bridgehead atoms. The number of hydrogen-bond acceptors (Lipinski definition) is 1. The lowest BCUT2D eigenvalue weighted by Crippen LogP contribution is -2.14. The molecule has 9 aromatic rings. The lowest BCUT2D eigenvalue weighted by molar-refractivity contribution is 0.660. The number of fused-ring (bicyclic) bond motifs is 6. The molecule has 10 rings (SSSR count). The zero-order valence-electron chi connectivity index (χ0n) is 29.2. The molecule has 52 heavy (non-hydrogen) atoms. The third-order valence-electron chi connectivity index (χ3n) is 11.0. The van der Waals surface area contributed by atoms with Crippen molar-refractivity contribution in [2.24, 2.45) is 0 Å². The summed E-state index contributed by atoms with van der Waals surface area (Å²) >= 11 is 0. The van der Waals surface area contributed by atoms with Crippen molar-refractivity contribution < 1.29 is 0 Å². The maximum atomic E-state index is 4.94. The molecular weight excluding hydrogens is 629 g/mol. The van der Waals surface area contributed by atoms with Crippen molar-refractivity contribution in [1.29, 1.82) is 0 Å². The largest absolute Gasteiger partial charge is 0.309 e. The minimum Gasteiger partial charge on any atom is -0.309 e. The van der Waals surface area contributed by atoms with Gasteiger partial charge in [0.15, 0.2) is 0 Å². The molecule has 2 nitrogen and oxygen atoms in total. The number of hydrogen-bond donors (Lipinski definition) is 0. The van der Waals surface area contributed by atoms with Crippen molar-refractivity contribution in [3.63, 3.8) is 0 Å². The van der Waals surface area contributed by atoms with Gasteiger partial charge in [-0.15, -0.1) is 0 Å². The maximum Gasteiger partial charge on any atom is 0.0708 e. The van der Waals surface area contributed by atoms with Crippen LogP contribution in [0.4, 0.5) is 0 Å². The van der Waals surface area contributed by atoms with Crippen molar-refractivity contribution in [2.75, 3.05) is 0 Å². The Balaban J connectivity index is 1.18. The second kappa shape index (κ2) is 11.8. The molecule has 0 atom stereocenters. The van der Waals surface area contributed by atoms with Crippen LogP contribution in [-0.2, 0) is 5.41 Å². The zero-order chi connectivity index (χ0) is 34.8. The van der Waals surface area contributed by atoms with Gasteiger partial charge in [0.1, 0.15) is 0 Å². The van der Waals surface area contributed by atoms with Crippen molar-refractivity contribution in [1.82, 2.24) is 9.55 Å². The molecule has 2 aromatic heterocycles. The summed E-state index contributed by atoms with van der Waals surface area (Å²) in [5.41, 5.74) is 18.0. The first-order valence-corrected chi connectivity index (χ1v) is 18.0. The third kappa shape index (κ3) is 4.76. The Labute approximate surface area is 304 Å². The van der Waals surface area contributed by atoms with Gasteiger partial charge in [0.2, 0.25) is 0 Å². The summed E-state index contributed by atoms with van der Waals surface area (Å²) in [6, 6.07) is 64.0. The van der Waals surface area contributed by atoms with E-state index in [2.05, 4.69) is 194 Å². The summed E-state index contributed by atoms with van der Waals surface area (Å²) in [5, 5.41) is 2.47. The topological polar surface area (TPSA) is 17.8 Å². The molecule has 0 aliphatic heterocycles. The molecule has 0 unspecified atom stereocenters. The van der Waals surface area contributed by atoms with Crippen LogP contribution in [0.5, 0.6) is 0 Å². The predicted octanol–water partition coefficient (Wildman–Crippen LogP) is 13.2. The molecule has 246 valence electrons. The average Bonchev–Trinajstić information content (AvgIpc) is 3.67. The van der Waals surface area contributed by atoms with Gasteiger partial charge in [-0.1, -0.05) is 147 Å². The Morgan fingerprint density at radius 2 is 1.06 bits per heavy atom. The van der Waals surface area contributed by atoms with Gasteiger partial charge in [-0.05, 0) is 92.5 Å². The zero-order valence-corrected chi connectivity index (χ0v) is 29.2. The van der Waals surface area contributed by atoms with Crippen LogP contribution in [0.3, 0.4) is 0 Å². The van der Waals surface area contributed by atoms with E-state index < -0.39 is 0 Å². The lowest BCUT2D eigenvalue weighted by Gasteiger charge is -2.22. The Morgan fingerprint density at radius 3 is 1.83 bits per heavy atom. The van der Waals surface area contributed by atoms with Gasteiger partial charge < -0.3 is 4.57 Å². The Hall–Kier alpha value is -6.51. The summed E-state index contributed by atoms with van der Waals surface area (Å²) in [7, 11) is 0. The Bertz CT molecular complexity index is 2750. The van der Waals surface area contributed by atoms with Crippen molar-refractivity contribution in [3.8, 4) is 61.5 Å². The highest BCUT2D eigenvalue weighted by atomic mass is 15.0. The molecule has 2 heterocycles. The number of para-hydroxylation sites is 2. The molecule has 0 saturated carbocycles. The van der Waals surface area contributed by atoms with Crippen LogP contribution in [0.2, 0.25) is 0 Å². The number of nitrogens with zero attached hydrogens (tertiary/aromatic N) is 2. The van der Waals surface area contributed by atoms with Gasteiger partial charge in [0.25, 0.3) is 0 Å². The molecule has 1 aliphatic carbocycles. The molecule has 1 aliphatic rings. The van der Waals surface area contributed by atoms with Crippen molar-refractivity contribution >= 4 is 21.8 Å². The SMILES string of the molecule is CC1(C)c2ccccc2-c2ccc(-c3cc(-c4cccc5c6ccccc6n(-c6cc(-c7ccccc7)cc(-c7ccccc7)c6)c45)ccn3)cc21. The van der Waals surface area contributed by atoms with E-state index >= 15 is 0 Å². The molecule has 0 N–H and O–H groups in total. The summed E-state index contributed by atoms with van der Waals surface area (Å²) in [4.78, 5) is 4.94. The van der Waals surface area contributed by atoms with Crippen LogP contribution in [0.1, 0.15) is 25.0 Å². The van der Waals surface area contributed by atoms with E-state index in [1.807, 2.05) is 6.20 Å². The molecule has 2 heteroatoms. The highest BCUT2D eigenvalue weighted by Gasteiger charge is 2.35. The van der Waals surface area contributed by atoms with E-state index in [0.717, 1.165) is 22.5 Å². The van der Waals surface area contributed by atoms with Gasteiger partial charge >= 0.3 is 0 Å². The highest BCUT2D eigenvalue weighted by Crippen LogP contribution is 2.49. The molecule has 0 fully saturated rings. The highest BCUT2D eigenvalue weighted by molar-refractivity contribution is 6.14. The van der Waals surface area contributed by atoms with E-state index in [-0.39, 0.29) is 5.41 Å². The summed E-state index contributed by atoms with van der Waals surface area (Å²) < 4.78 is 2.47. The number of pyridine rings is 1. The summed E-state index contributed by atoms with van der Waals surface area (Å²) in [6.07, 6.45) is 1.97. The van der Waals surface area contributed by atoms with Crippen LogP contribution in [0, 0.1) is 0 Å². The van der Waals surface area contributed by atoms with Crippen LogP contribution in [0.25, 0.3) is 83.3 Å². The molecule has 0 amide bonds. The van der Waals surface area contributed by atoms with Crippen molar-refractivity contribution in [2.45, 2.75) is 19.3 Å². The van der Waals surface area contributed by atoms with Crippen molar-refractivity contribution in [3.05, 3.63) is 193 Å². The summed E-state index contributed by atoms with van der Waals surface area (Å²) in [6.45, 7) is 4.67. The number of aromatic nitrogens is 2.